The Labute approximate surface area is 205 Å². The molecule has 0 aliphatic heterocycles. The van der Waals surface area contributed by atoms with E-state index in [1.54, 1.807) is 42.5 Å². The van der Waals surface area contributed by atoms with Gasteiger partial charge < -0.3 is 18.9 Å². The molecule has 0 aliphatic rings. The molecule has 0 aromatic heterocycles. The Balaban J connectivity index is 1.65. The molecule has 3 rings (SSSR count). The minimum absolute atomic E-state index is 0.194. The van der Waals surface area contributed by atoms with Gasteiger partial charge in [0.15, 0.2) is 18.1 Å². The maximum absolute atomic E-state index is 12.7. The monoisotopic (exact) mass is 526 g/mol. The first kappa shape index (κ1) is 24.8. The first-order valence-electron chi connectivity index (χ1n) is 10.1. The Morgan fingerprint density at radius 3 is 2.35 bits per heavy atom. The molecule has 3 aromatic rings. The van der Waals surface area contributed by atoms with Gasteiger partial charge in [-0.05, 0) is 55.5 Å². The second kappa shape index (κ2) is 11.9. The molecule has 0 spiro atoms. The fourth-order valence-corrected chi connectivity index (χ4v) is 3.20. The molecule has 1 amide bonds. The topological polar surface area (TPSA) is 95.5 Å². The normalized spacial score (nSPS) is 10.6. The number of hydrogen-bond acceptors (Lipinski definition) is 7. The third kappa shape index (κ3) is 6.82. The highest BCUT2D eigenvalue weighted by Crippen LogP contribution is 2.29. The van der Waals surface area contributed by atoms with Crippen molar-refractivity contribution in [3.63, 3.8) is 0 Å². The summed E-state index contributed by atoms with van der Waals surface area (Å²) in [4.78, 5) is 24.7. The smallest absolute Gasteiger partial charge is 0.343 e. The molecular formula is C25H23BrN2O6. The molecule has 3 aromatic carbocycles. The number of ether oxygens (including phenoxy) is 4. The van der Waals surface area contributed by atoms with Gasteiger partial charge in [0, 0.05) is 10.0 Å². The standard InChI is InChI=1S/C25H23BrN2O6/c1-16-4-8-20(9-5-16)33-15-24(29)28-27-14-18-12-19(26)7-11-21(18)34-25(30)17-6-10-22(31-2)23(13-17)32-3/h4-14H,15H2,1-3H3,(H,28,29)/b27-14-. The van der Waals surface area contributed by atoms with Crippen molar-refractivity contribution >= 4 is 34.0 Å². The van der Waals surface area contributed by atoms with Crippen LogP contribution in [0.3, 0.4) is 0 Å². The Morgan fingerprint density at radius 1 is 0.941 bits per heavy atom. The average Bonchev–Trinajstić information content (AvgIpc) is 2.84. The minimum Gasteiger partial charge on any atom is -0.493 e. The number of benzene rings is 3. The molecule has 0 bridgehead atoms. The van der Waals surface area contributed by atoms with Crippen molar-refractivity contribution in [1.29, 1.82) is 0 Å². The molecule has 34 heavy (non-hydrogen) atoms. The summed E-state index contributed by atoms with van der Waals surface area (Å²) in [5, 5.41) is 3.95. The third-order valence-electron chi connectivity index (χ3n) is 4.58. The van der Waals surface area contributed by atoms with E-state index in [0.29, 0.717) is 22.8 Å². The van der Waals surface area contributed by atoms with Gasteiger partial charge in [-0.1, -0.05) is 33.6 Å². The molecule has 0 fully saturated rings. The SMILES string of the molecule is COc1ccc(C(=O)Oc2ccc(Br)cc2/C=N\NC(=O)COc2ccc(C)cc2)cc1OC. The van der Waals surface area contributed by atoms with Crippen LogP contribution in [0.5, 0.6) is 23.0 Å². The number of methoxy groups -OCH3 is 2. The highest BCUT2D eigenvalue weighted by atomic mass is 79.9. The Bertz CT molecular complexity index is 1190. The van der Waals surface area contributed by atoms with Crippen molar-refractivity contribution in [3.05, 3.63) is 81.8 Å². The third-order valence-corrected chi connectivity index (χ3v) is 5.07. The van der Waals surface area contributed by atoms with E-state index in [0.717, 1.165) is 10.0 Å². The molecule has 8 nitrogen and oxygen atoms in total. The van der Waals surface area contributed by atoms with Crippen molar-refractivity contribution in [1.82, 2.24) is 5.43 Å². The van der Waals surface area contributed by atoms with Crippen molar-refractivity contribution in [2.75, 3.05) is 20.8 Å². The van der Waals surface area contributed by atoms with Gasteiger partial charge in [0.05, 0.1) is 26.0 Å². The van der Waals surface area contributed by atoms with E-state index in [9.17, 15) is 9.59 Å². The van der Waals surface area contributed by atoms with Gasteiger partial charge >= 0.3 is 5.97 Å². The lowest BCUT2D eigenvalue weighted by Crippen LogP contribution is -2.24. The molecule has 0 saturated carbocycles. The van der Waals surface area contributed by atoms with Crippen molar-refractivity contribution < 1.29 is 28.5 Å². The van der Waals surface area contributed by atoms with E-state index < -0.39 is 11.9 Å². The van der Waals surface area contributed by atoms with Gasteiger partial charge in [-0.15, -0.1) is 0 Å². The van der Waals surface area contributed by atoms with Crippen LogP contribution >= 0.6 is 15.9 Å². The number of aryl methyl sites for hydroxylation is 1. The molecule has 0 radical (unpaired) electrons. The van der Waals surface area contributed by atoms with Crippen LogP contribution in [0.15, 0.2) is 70.2 Å². The largest absolute Gasteiger partial charge is 0.493 e. The number of amides is 1. The quantitative estimate of drug-likeness (QED) is 0.190. The van der Waals surface area contributed by atoms with E-state index in [-0.39, 0.29) is 17.9 Å². The summed E-state index contributed by atoms with van der Waals surface area (Å²) in [7, 11) is 2.99. The van der Waals surface area contributed by atoms with Gasteiger partial charge in [-0.25, -0.2) is 10.2 Å². The zero-order valence-electron chi connectivity index (χ0n) is 18.8. The number of carbonyl (C=O) groups is 2. The Kier molecular flexibility index (Phi) is 8.64. The Hall–Kier alpha value is -3.85. The lowest BCUT2D eigenvalue weighted by Gasteiger charge is -2.11. The molecule has 0 atom stereocenters. The van der Waals surface area contributed by atoms with Gasteiger partial charge in [-0.3, -0.25) is 4.79 Å². The van der Waals surface area contributed by atoms with Crippen LogP contribution in [0, 0.1) is 6.92 Å². The van der Waals surface area contributed by atoms with E-state index in [1.807, 2.05) is 19.1 Å². The summed E-state index contributed by atoms with van der Waals surface area (Å²) >= 11 is 3.38. The van der Waals surface area contributed by atoms with E-state index >= 15 is 0 Å². The number of rotatable bonds is 9. The molecule has 1 N–H and O–H groups in total. The second-order valence-electron chi connectivity index (χ2n) is 7.04. The predicted molar refractivity (Wildman–Crippen MR) is 131 cm³/mol. The number of halogens is 1. The first-order chi connectivity index (χ1) is 16.4. The molecule has 9 heteroatoms. The number of nitrogens with zero attached hydrogens (tertiary/aromatic N) is 1. The fraction of sp³-hybridized carbons (Fsp3) is 0.160. The highest BCUT2D eigenvalue weighted by Gasteiger charge is 2.15. The zero-order chi connectivity index (χ0) is 24.5. The van der Waals surface area contributed by atoms with Crippen LogP contribution in [-0.4, -0.2) is 38.9 Å². The van der Waals surface area contributed by atoms with Gasteiger partial charge in [0.1, 0.15) is 11.5 Å². The maximum atomic E-state index is 12.7. The van der Waals surface area contributed by atoms with Crippen molar-refractivity contribution in [3.8, 4) is 23.0 Å². The van der Waals surface area contributed by atoms with Crippen LogP contribution in [-0.2, 0) is 4.79 Å². The average molecular weight is 527 g/mol. The number of esters is 1. The van der Waals surface area contributed by atoms with Crippen molar-refractivity contribution in [2.24, 2.45) is 5.10 Å². The minimum atomic E-state index is -0.589. The number of hydrogen-bond donors (Lipinski definition) is 1. The number of hydrazone groups is 1. The highest BCUT2D eigenvalue weighted by molar-refractivity contribution is 9.10. The summed E-state index contributed by atoms with van der Waals surface area (Å²) in [5.74, 6) is 0.727. The summed E-state index contributed by atoms with van der Waals surface area (Å²) in [6, 6.07) is 17.1. The van der Waals surface area contributed by atoms with E-state index in [2.05, 4.69) is 26.5 Å². The number of carbonyl (C=O) groups excluding carboxylic acids is 2. The van der Waals surface area contributed by atoms with Crippen LogP contribution in [0.1, 0.15) is 21.5 Å². The molecular weight excluding hydrogens is 504 g/mol. The summed E-state index contributed by atoms with van der Waals surface area (Å²) in [5.41, 5.74) is 4.24. The lowest BCUT2D eigenvalue weighted by molar-refractivity contribution is -0.123. The molecule has 0 heterocycles. The first-order valence-corrected chi connectivity index (χ1v) is 10.9. The maximum Gasteiger partial charge on any atom is 0.343 e. The van der Waals surface area contributed by atoms with Crippen LogP contribution in [0.2, 0.25) is 0 Å². The second-order valence-corrected chi connectivity index (χ2v) is 7.95. The molecule has 176 valence electrons. The van der Waals surface area contributed by atoms with Gasteiger partial charge in [-0.2, -0.15) is 5.10 Å². The van der Waals surface area contributed by atoms with E-state index in [1.165, 1.54) is 26.5 Å². The summed E-state index contributed by atoms with van der Waals surface area (Å²) in [6.45, 7) is 1.77. The predicted octanol–water partition coefficient (Wildman–Crippen LogP) is 4.52. The Morgan fingerprint density at radius 2 is 1.65 bits per heavy atom. The summed E-state index contributed by atoms with van der Waals surface area (Å²) < 4.78 is 22.1. The van der Waals surface area contributed by atoms with Crippen LogP contribution in [0.4, 0.5) is 0 Å². The van der Waals surface area contributed by atoms with Crippen LogP contribution in [0.25, 0.3) is 0 Å². The lowest BCUT2D eigenvalue weighted by atomic mass is 10.2. The molecule has 0 saturated heterocycles. The zero-order valence-corrected chi connectivity index (χ0v) is 20.4. The van der Waals surface area contributed by atoms with Crippen LogP contribution < -0.4 is 24.4 Å². The van der Waals surface area contributed by atoms with Crippen molar-refractivity contribution in [2.45, 2.75) is 6.92 Å². The van der Waals surface area contributed by atoms with Gasteiger partial charge in [0.2, 0.25) is 0 Å². The fourth-order valence-electron chi connectivity index (χ4n) is 2.82. The van der Waals surface area contributed by atoms with E-state index in [4.69, 9.17) is 18.9 Å². The molecule has 0 aliphatic carbocycles. The number of nitrogens with one attached hydrogen (secondary N) is 1. The molecule has 0 unspecified atom stereocenters. The summed E-state index contributed by atoms with van der Waals surface area (Å²) in [6.07, 6.45) is 1.38. The van der Waals surface area contributed by atoms with Gasteiger partial charge in [0.25, 0.3) is 5.91 Å².